The van der Waals surface area contributed by atoms with Crippen LogP contribution < -0.4 is 10.6 Å². The van der Waals surface area contributed by atoms with Crippen LogP contribution in [0.3, 0.4) is 0 Å². The van der Waals surface area contributed by atoms with Crippen LogP contribution in [0.1, 0.15) is 46.7 Å². The van der Waals surface area contributed by atoms with Crippen molar-refractivity contribution >= 4 is 17.6 Å². The fourth-order valence-corrected chi connectivity index (χ4v) is 3.85. The first-order valence-electron chi connectivity index (χ1n) is 9.23. The number of hydrogen-bond acceptors (Lipinski definition) is 2. The van der Waals surface area contributed by atoms with E-state index in [0.29, 0.717) is 23.7 Å². The Labute approximate surface area is 153 Å². The molecule has 1 fully saturated rings. The van der Waals surface area contributed by atoms with Gasteiger partial charge in [0.05, 0.1) is 0 Å². The van der Waals surface area contributed by atoms with E-state index in [9.17, 15) is 9.59 Å². The van der Waals surface area contributed by atoms with Gasteiger partial charge in [0.25, 0.3) is 5.91 Å². The van der Waals surface area contributed by atoms with Crippen LogP contribution in [0.15, 0.2) is 48.5 Å². The molecule has 0 aromatic heterocycles. The minimum absolute atomic E-state index is 0.0726. The maximum Gasteiger partial charge on any atom is 0.321 e. The number of anilines is 1. The fraction of sp³-hybridized carbons (Fsp3) is 0.333. The molecule has 2 aromatic rings. The van der Waals surface area contributed by atoms with Crippen molar-refractivity contribution in [2.75, 3.05) is 18.4 Å². The summed E-state index contributed by atoms with van der Waals surface area (Å²) in [5.74, 6) is 0.439. The quantitative estimate of drug-likeness (QED) is 0.868. The normalized spacial score (nSPS) is 19.5. The number of nitrogens with one attached hydrogen (secondary N) is 2. The predicted octanol–water partition coefficient (Wildman–Crippen LogP) is 3.73. The molecule has 2 N–H and O–H groups in total. The largest absolute Gasteiger partial charge is 0.348 e. The van der Waals surface area contributed by atoms with Gasteiger partial charge in [0.2, 0.25) is 0 Å². The number of urea groups is 1. The third kappa shape index (κ3) is 3.43. The van der Waals surface area contributed by atoms with E-state index < -0.39 is 0 Å². The predicted molar refractivity (Wildman–Crippen MR) is 101 cm³/mol. The monoisotopic (exact) mass is 349 g/mol. The minimum atomic E-state index is -0.0860. The second kappa shape index (κ2) is 7.20. The molecule has 0 bridgehead atoms. The van der Waals surface area contributed by atoms with Gasteiger partial charge in [-0.1, -0.05) is 36.4 Å². The molecule has 3 amide bonds. The van der Waals surface area contributed by atoms with Crippen LogP contribution in [0.2, 0.25) is 0 Å². The maximum atomic E-state index is 12.7. The van der Waals surface area contributed by atoms with Gasteiger partial charge in [0.1, 0.15) is 0 Å². The molecule has 0 radical (unpaired) electrons. The van der Waals surface area contributed by atoms with Crippen molar-refractivity contribution in [2.24, 2.45) is 0 Å². The van der Waals surface area contributed by atoms with Crippen LogP contribution in [-0.4, -0.2) is 29.9 Å². The van der Waals surface area contributed by atoms with Crippen molar-refractivity contribution in [3.63, 3.8) is 0 Å². The lowest BCUT2D eigenvalue weighted by Crippen LogP contribution is -2.35. The highest BCUT2D eigenvalue weighted by molar-refractivity contribution is 6.00. The van der Waals surface area contributed by atoms with E-state index in [2.05, 4.69) is 34.9 Å². The van der Waals surface area contributed by atoms with Gasteiger partial charge in [0.15, 0.2) is 0 Å². The fourth-order valence-electron chi connectivity index (χ4n) is 3.85. The van der Waals surface area contributed by atoms with Crippen molar-refractivity contribution in [1.82, 2.24) is 10.2 Å². The second-order valence-electron chi connectivity index (χ2n) is 7.01. The number of carbonyl (C=O) groups is 2. The Balaban J connectivity index is 1.40. The van der Waals surface area contributed by atoms with Crippen molar-refractivity contribution < 1.29 is 9.59 Å². The highest BCUT2D eigenvalue weighted by Crippen LogP contribution is 2.28. The summed E-state index contributed by atoms with van der Waals surface area (Å²) in [6.07, 6.45) is 3.08. The zero-order chi connectivity index (χ0) is 17.9. The molecular formula is C21H23N3O2. The lowest BCUT2D eigenvalue weighted by Gasteiger charge is -2.21. The minimum Gasteiger partial charge on any atom is -0.348 e. The Morgan fingerprint density at radius 2 is 1.92 bits per heavy atom. The highest BCUT2D eigenvalue weighted by Gasteiger charge is 2.23. The summed E-state index contributed by atoms with van der Waals surface area (Å²) < 4.78 is 0. The van der Waals surface area contributed by atoms with E-state index in [1.807, 2.05) is 23.1 Å². The van der Waals surface area contributed by atoms with Gasteiger partial charge < -0.3 is 15.5 Å². The van der Waals surface area contributed by atoms with Gasteiger partial charge in [-0.15, -0.1) is 0 Å². The van der Waals surface area contributed by atoms with E-state index in [1.54, 1.807) is 6.07 Å². The molecule has 4 rings (SSSR count). The van der Waals surface area contributed by atoms with Gasteiger partial charge in [-0.3, -0.25) is 4.79 Å². The number of benzene rings is 2. The molecule has 2 aliphatic heterocycles. The molecule has 2 heterocycles. The van der Waals surface area contributed by atoms with Gasteiger partial charge >= 0.3 is 6.03 Å². The molecule has 2 aromatic carbocycles. The summed E-state index contributed by atoms with van der Waals surface area (Å²) in [6.45, 7) is 2.08. The van der Waals surface area contributed by atoms with Crippen LogP contribution in [0.4, 0.5) is 10.5 Å². The van der Waals surface area contributed by atoms with Crippen molar-refractivity contribution in [3.8, 4) is 0 Å². The average molecular weight is 349 g/mol. The maximum absolute atomic E-state index is 12.7. The smallest absolute Gasteiger partial charge is 0.321 e. The molecule has 0 spiro atoms. The van der Waals surface area contributed by atoms with Gasteiger partial charge in [0, 0.05) is 30.9 Å². The van der Waals surface area contributed by atoms with E-state index in [1.165, 1.54) is 5.56 Å². The Morgan fingerprint density at radius 1 is 1.08 bits per heavy atom. The van der Waals surface area contributed by atoms with Crippen LogP contribution in [-0.2, 0) is 6.54 Å². The molecule has 5 nitrogen and oxygen atoms in total. The lowest BCUT2D eigenvalue weighted by atomic mass is 9.92. The molecule has 2 aliphatic rings. The molecule has 26 heavy (non-hydrogen) atoms. The van der Waals surface area contributed by atoms with Crippen molar-refractivity contribution in [1.29, 1.82) is 0 Å². The van der Waals surface area contributed by atoms with Crippen LogP contribution in [0, 0.1) is 0 Å². The first kappa shape index (κ1) is 16.6. The van der Waals surface area contributed by atoms with Gasteiger partial charge in [-0.05, 0) is 48.4 Å². The zero-order valence-electron chi connectivity index (χ0n) is 14.7. The molecule has 134 valence electrons. The van der Waals surface area contributed by atoms with E-state index in [0.717, 1.165) is 37.9 Å². The summed E-state index contributed by atoms with van der Waals surface area (Å²) in [4.78, 5) is 26.3. The summed E-state index contributed by atoms with van der Waals surface area (Å²) in [6, 6.07) is 16.0. The van der Waals surface area contributed by atoms with Gasteiger partial charge in [-0.2, -0.15) is 0 Å². The Hall–Kier alpha value is -2.82. The molecule has 1 saturated heterocycles. The SMILES string of the molecule is O=C1NCc2ccc(NC(=O)N3CCCC(c4ccccc4)CC3)cc21. The Bertz CT molecular complexity index is 819. The summed E-state index contributed by atoms with van der Waals surface area (Å²) in [7, 11) is 0. The van der Waals surface area contributed by atoms with Crippen LogP contribution >= 0.6 is 0 Å². The third-order valence-corrected chi connectivity index (χ3v) is 5.33. The summed E-state index contributed by atoms with van der Waals surface area (Å²) in [5, 5.41) is 5.75. The average Bonchev–Trinajstić information content (AvgIpc) is 2.88. The number of carbonyl (C=O) groups excluding carboxylic acids is 2. The number of nitrogens with zero attached hydrogens (tertiary/aromatic N) is 1. The molecule has 5 heteroatoms. The summed E-state index contributed by atoms with van der Waals surface area (Å²) >= 11 is 0. The van der Waals surface area contributed by atoms with Crippen molar-refractivity contribution in [3.05, 3.63) is 65.2 Å². The molecule has 0 saturated carbocycles. The number of likely N-dealkylation sites (tertiary alicyclic amines) is 1. The Kier molecular flexibility index (Phi) is 4.61. The zero-order valence-corrected chi connectivity index (χ0v) is 14.7. The summed E-state index contributed by atoms with van der Waals surface area (Å²) in [5.41, 5.74) is 3.67. The topological polar surface area (TPSA) is 61.4 Å². The molecule has 0 aliphatic carbocycles. The lowest BCUT2D eigenvalue weighted by molar-refractivity contribution is 0.0965. The van der Waals surface area contributed by atoms with Gasteiger partial charge in [-0.25, -0.2) is 4.79 Å². The molecule has 1 unspecified atom stereocenters. The number of amides is 3. The highest BCUT2D eigenvalue weighted by atomic mass is 16.2. The number of hydrogen-bond donors (Lipinski definition) is 2. The Morgan fingerprint density at radius 3 is 2.77 bits per heavy atom. The molecule has 1 atom stereocenters. The second-order valence-corrected chi connectivity index (χ2v) is 7.01. The van der Waals surface area contributed by atoms with Crippen molar-refractivity contribution in [2.45, 2.75) is 31.7 Å². The van der Waals surface area contributed by atoms with E-state index in [4.69, 9.17) is 0 Å². The number of fused-ring (bicyclic) bond motifs is 1. The standard InChI is InChI=1S/C21H23N3O2/c25-20-19-13-18(9-8-17(19)14-22-20)23-21(26)24-11-4-7-16(10-12-24)15-5-2-1-3-6-15/h1-3,5-6,8-9,13,16H,4,7,10-12,14H2,(H,22,25)(H,23,26). The van der Waals surface area contributed by atoms with E-state index >= 15 is 0 Å². The van der Waals surface area contributed by atoms with Crippen LogP contribution in [0.5, 0.6) is 0 Å². The van der Waals surface area contributed by atoms with Crippen LogP contribution in [0.25, 0.3) is 0 Å². The third-order valence-electron chi connectivity index (χ3n) is 5.33. The molecular weight excluding hydrogens is 326 g/mol. The van der Waals surface area contributed by atoms with E-state index in [-0.39, 0.29) is 11.9 Å². The first-order valence-corrected chi connectivity index (χ1v) is 9.23. The first-order chi connectivity index (χ1) is 12.7. The number of rotatable bonds is 2.